The van der Waals surface area contributed by atoms with Crippen LogP contribution in [0.2, 0.25) is 0 Å². The molecule has 1 amide bonds. The third kappa shape index (κ3) is 5.62. The molecule has 4 nitrogen and oxygen atoms in total. The van der Waals surface area contributed by atoms with E-state index in [1.165, 1.54) is 36.4 Å². The Kier molecular flexibility index (Phi) is 6.26. The fourth-order valence-electron chi connectivity index (χ4n) is 1.84. The summed E-state index contributed by atoms with van der Waals surface area (Å²) in [5, 5.41) is 2.64. The van der Waals surface area contributed by atoms with Gasteiger partial charge in [-0.3, -0.25) is 4.79 Å². The molecule has 0 aromatic heterocycles. The third-order valence-electron chi connectivity index (χ3n) is 3.07. The summed E-state index contributed by atoms with van der Waals surface area (Å²) in [5.41, 5.74) is 2.26. The molecule has 0 aliphatic carbocycles. The molecule has 0 heterocycles. The van der Waals surface area contributed by atoms with Crippen molar-refractivity contribution in [2.75, 3.05) is 11.9 Å². The van der Waals surface area contributed by atoms with Crippen LogP contribution < -0.4 is 5.32 Å². The van der Waals surface area contributed by atoms with Crippen LogP contribution in [0.1, 0.15) is 11.1 Å². The lowest BCUT2D eigenvalue weighted by molar-refractivity contribution is -0.142. The van der Waals surface area contributed by atoms with Crippen molar-refractivity contribution in [1.82, 2.24) is 0 Å². The number of ether oxygens (including phenoxy) is 1. The van der Waals surface area contributed by atoms with Gasteiger partial charge in [0.2, 0.25) is 0 Å². The van der Waals surface area contributed by atoms with Gasteiger partial charge in [-0.15, -0.1) is 0 Å². The Morgan fingerprint density at radius 3 is 2.58 bits per heavy atom. The highest BCUT2D eigenvalue weighted by atomic mass is 79.9. The van der Waals surface area contributed by atoms with E-state index in [-0.39, 0.29) is 12.4 Å². The predicted octanol–water partition coefficient (Wildman–Crippen LogP) is 4.09. The number of amides is 1. The minimum absolute atomic E-state index is 0.352. The minimum Gasteiger partial charge on any atom is -0.452 e. The number of nitrogens with one attached hydrogen (secondary N) is 1. The van der Waals surface area contributed by atoms with Gasteiger partial charge in [0.05, 0.1) is 0 Å². The molecule has 0 spiro atoms. The highest BCUT2D eigenvalue weighted by Crippen LogP contribution is 2.19. The van der Waals surface area contributed by atoms with Crippen molar-refractivity contribution in [1.29, 1.82) is 0 Å². The van der Waals surface area contributed by atoms with Gasteiger partial charge in [0.15, 0.2) is 6.61 Å². The zero-order chi connectivity index (χ0) is 17.5. The number of hydrogen-bond donors (Lipinski definition) is 1. The highest BCUT2D eigenvalue weighted by molar-refractivity contribution is 9.10. The van der Waals surface area contributed by atoms with Crippen molar-refractivity contribution in [3.8, 4) is 0 Å². The van der Waals surface area contributed by atoms with E-state index < -0.39 is 11.9 Å². The van der Waals surface area contributed by atoms with E-state index in [4.69, 9.17) is 4.74 Å². The summed E-state index contributed by atoms with van der Waals surface area (Å²) in [6, 6.07) is 11.0. The van der Waals surface area contributed by atoms with Gasteiger partial charge in [-0.25, -0.2) is 9.18 Å². The Morgan fingerprint density at radius 2 is 1.92 bits per heavy atom. The lowest BCUT2D eigenvalue weighted by atomic mass is 10.2. The molecule has 1 N–H and O–H groups in total. The number of anilines is 1. The molecule has 6 heteroatoms. The van der Waals surface area contributed by atoms with E-state index in [1.807, 2.05) is 13.0 Å². The maximum absolute atomic E-state index is 12.8. The molecule has 0 atom stereocenters. The molecule has 0 aliphatic heterocycles. The molecule has 124 valence electrons. The van der Waals surface area contributed by atoms with Crippen LogP contribution in [0, 0.1) is 12.7 Å². The van der Waals surface area contributed by atoms with Gasteiger partial charge in [0.25, 0.3) is 5.91 Å². The monoisotopic (exact) mass is 391 g/mol. The second-order valence-electron chi connectivity index (χ2n) is 5.00. The number of carbonyl (C=O) groups excluding carboxylic acids is 2. The first-order valence-electron chi connectivity index (χ1n) is 7.10. The van der Waals surface area contributed by atoms with Crippen LogP contribution in [0.25, 0.3) is 6.08 Å². The molecule has 0 saturated carbocycles. The average Bonchev–Trinajstić information content (AvgIpc) is 2.56. The molecule has 0 bridgehead atoms. The summed E-state index contributed by atoms with van der Waals surface area (Å²) in [6.45, 7) is 1.52. The Hall–Kier alpha value is -2.47. The van der Waals surface area contributed by atoms with E-state index in [9.17, 15) is 14.0 Å². The summed E-state index contributed by atoms with van der Waals surface area (Å²) in [7, 11) is 0. The molecular weight excluding hydrogens is 377 g/mol. The zero-order valence-electron chi connectivity index (χ0n) is 12.9. The fourth-order valence-corrected chi connectivity index (χ4v) is 2.09. The summed E-state index contributed by atoms with van der Waals surface area (Å²) < 4.78 is 18.6. The van der Waals surface area contributed by atoms with Gasteiger partial charge in [-0.05, 0) is 54.5 Å². The number of benzene rings is 2. The molecule has 24 heavy (non-hydrogen) atoms. The standard InChI is InChI=1S/C18H15BrFNO3/c1-12-10-15(7-8-16(12)19)21-17(22)11-24-18(23)9-4-13-2-5-14(20)6-3-13/h2-10H,11H2,1H3,(H,21,22)/b9-4+. The topological polar surface area (TPSA) is 55.4 Å². The smallest absolute Gasteiger partial charge is 0.331 e. The molecule has 0 saturated heterocycles. The maximum Gasteiger partial charge on any atom is 0.331 e. The molecule has 0 unspecified atom stereocenters. The predicted molar refractivity (Wildman–Crippen MR) is 93.9 cm³/mol. The Labute approximate surface area is 147 Å². The second-order valence-corrected chi connectivity index (χ2v) is 5.86. The normalized spacial score (nSPS) is 10.6. The summed E-state index contributed by atoms with van der Waals surface area (Å²) in [4.78, 5) is 23.3. The molecular formula is C18H15BrFNO3. The van der Waals surface area contributed by atoms with Crippen molar-refractivity contribution in [2.24, 2.45) is 0 Å². The molecule has 0 fully saturated rings. The fraction of sp³-hybridized carbons (Fsp3) is 0.111. The second kappa shape index (κ2) is 8.40. The first-order valence-corrected chi connectivity index (χ1v) is 7.90. The van der Waals surface area contributed by atoms with Crippen LogP contribution in [0.4, 0.5) is 10.1 Å². The first-order chi connectivity index (χ1) is 11.4. The van der Waals surface area contributed by atoms with Crippen molar-refractivity contribution in [3.63, 3.8) is 0 Å². The summed E-state index contributed by atoms with van der Waals surface area (Å²) >= 11 is 3.38. The van der Waals surface area contributed by atoms with Crippen molar-refractivity contribution < 1.29 is 18.7 Å². The van der Waals surface area contributed by atoms with Crippen LogP contribution >= 0.6 is 15.9 Å². The highest BCUT2D eigenvalue weighted by Gasteiger charge is 2.06. The Bertz CT molecular complexity index is 772. The van der Waals surface area contributed by atoms with Crippen molar-refractivity contribution in [3.05, 3.63) is 70.0 Å². The minimum atomic E-state index is -0.651. The van der Waals surface area contributed by atoms with Crippen LogP contribution in [0.3, 0.4) is 0 Å². The Balaban J connectivity index is 1.81. The van der Waals surface area contributed by atoms with Crippen LogP contribution in [0.15, 0.2) is 53.0 Å². The number of carbonyl (C=O) groups is 2. The first kappa shape index (κ1) is 17.9. The van der Waals surface area contributed by atoms with Crippen LogP contribution in [-0.4, -0.2) is 18.5 Å². The largest absolute Gasteiger partial charge is 0.452 e. The van der Waals surface area contributed by atoms with E-state index in [0.29, 0.717) is 11.3 Å². The SMILES string of the molecule is Cc1cc(NC(=O)COC(=O)/C=C/c2ccc(F)cc2)ccc1Br. The van der Waals surface area contributed by atoms with Gasteiger partial charge in [0.1, 0.15) is 5.82 Å². The molecule has 2 rings (SSSR count). The van der Waals surface area contributed by atoms with E-state index in [0.717, 1.165) is 10.0 Å². The average molecular weight is 392 g/mol. The maximum atomic E-state index is 12.8. The quantitative estimate of drug-likeness (QED) is 0.616. The van der Waals surface area contributed by atoms with Gasteiger partial charge in [0, 0.05) is 16.2 Å². The van der Waals surface area contributed by atoms with Gasteiger partial charge in [-0.1, -0.05) is 28.1 Å². The summed E-state index contributed by atoms with van der Waals surface area (Å²) in [5.74, 6) is -1.43. The number of halogens is 2. The van der Waals surface area contributed by atoms with Crippen molar-refractivity contribution >= 4 is 39.6 Å². The number of hydrogen-bond acceptors (Lipinski definition) is 3. The van der Waals surface area contributed by atoms with Crippen molar-refractivity contribution in [2.45, 2.75) is 6.92 Å². The van der Waals surface area contributed by atoms with Gasteiger partial charge >= 0.3 is 5.97 Å². The zero-order valence-corrected chi connectivity index (χ0v) is 14.5. The van der Waals surface area contributed by atoms with Gasteiger partial charge < -0.3 is 10.1 Å². The Morgan fingerprint density at radius 1 is 1.21 bits per heavy atom. The summed E-state index contributed by atoms with van der Waals surface area (Å²) in [6.07, 6.45) is 2.67. The van der Waals surface area contributed by atoms with E-state index >= 15 is 0 Å². The molecule has 2 aromatic rings. The number of rotatable bonds is 5. The van der Waals surface area contributed by atoms with Gasteiger partial charge in [-0.2, -0.15) is 0 Å². The van der Waals surface area contributed by atoms with Crippen LogP contribution in [0.5, 0.6) is 0 Å². The molecule has 0 radical (unpaired) electrons. The lowest BCUT2D eigenvalue weighted by Crippen LogP contribution is -2.20. The molecule has 2 aromatic carbocycles. The van der Waals surface area contributed by atoms with E-state index in [1.54, 1.807) is 12.1 Å². The van der Waals surface area contributed by atoms with Crippen LogP contribution in [-0.2, 0) is 14.3 Å². The third-order valence-corrected chi connectivity index (χ3v) is 3.96. The van der Waals surface area contributed by atoms with E-state index in [2.05, 4.69) is 21.2 Å². The number of esters is 1. The molecule has 0 aliphatic rings. The number of aryl methyl sites for hydroxylation is 1. The lowest BCUT2D eigenvalue weighted by Gasteiger charge is -2.07.